The van der Waals surface area contributed by atoms with Gasteiger partial charge in [-0.15, -0.1) is 0 Å². The highest BCUT2D eigenvalue weighted by Gasteiger charge is 2.20. The highest BCUT2D eigenvalue weighted by molar-refractivity contribution is 5.97. The van der Waals surface area contributed by atoms with Crippen LogP contribution < -0.4 is 4.74 Å². The number of aromatic amines is 1. The Morgan fingerprint density at radius 2 is 2.00 bits per heavy atom. The molecule has 1 aromatic carbocycles. The van der Waals surface area contributed by atoms with Crippen molar-refractivity contribution in [2.24, 2.45) is 0 Å². The molecule has 2 aromatic rings. The van der Waals surface area contributed by atoms with Gasteiger partial charge < -0.3 is 9.64 Å². The first-order chi connectivity index (χ1) is 13.6. The monoisotopic (exact) mass is 381 g/mol. The van der Waals surface area contributed by atoms with Crippen molar-refractivity contribution >= 4 is 11.7 Å². The highest BCUT2D eigenvalue weighted by Crippen LogP contribution is 2.22. The Bertz CT molecular complexity index is 852. The largest absolute Gasteiger partial charge is 0.497 e. The summed E-state index contributed by atoms with van der Waals surface area (Å²) in [6.45, 7) is 2.56. The van der Waals surface area contributed by atoms with Crippen LogP contribution in [0.2, 0.25) is 0 Å². The van der Waals surface area contributed by atoms with Gasteiger partial charge in [-0.3, -0.25) is 14.7 Å². The molecule has 6 nitrogen and oxygen atoms in total. The van der Waals surface area contributed by atoms with E-state index in [2.05, 4.69) is 16.3 Å². The number of nitrogens with one attached hydrogen (secondary N) is 1. The topological polar surface area (TPSA) is 75.3 Å². The predicted molar refractivity (Wildman–Crippen MR) is 107 cm³/mol. The Morgan fingerprint density at radius 1 is 1.21 bits per heavy atom. The van der Waals surface area contributed by atoms with Gasteiger partial charge in [0.1, 0.15) is 17.1 Å². The quantitative estimate of drug-likeness (QED) is 0.550. The number of carbonyl (C=O) groups is 2. The van der Waals surface area contributed by atoms with Gasteiger partial charge in [0.15, 0.2) is 5.78 Å². The maximum absolute atomic E-state index is 13.1. The SMILES string of the molecule is COc1ccc(CN(CCC2=CCCCC2)C(=O)c2cc(C(C)=O)n[nH]2)cc1. The van der Waals surface area contributed by atoms with E-state index in [1.807, 2.05) is 29.2 Å². The van der Waals surface area contributed by atoms with Crippen LogP contribution in [0.5, 0.6) is 5.75 Å². The number of ketones is 1. The molecule has 28 heavy (non-hydrogen) atoms. The minimum atomic E-state index is -0.163. The fourth-order valence-electron chi connectivity index (χ4n) is 3.40. The first-order valence-electron chi connectivity index (χ1n) is 9.73. The Morgan fingerprint density at radius 3 is 2.61 bits per heavy atom. The normalized spacial score (nSPS) is 13.7. The van der Waals surface area contributed by atoms with Gasteiger partial charge in [0.25, 0.3) is 5.91 Å². The van der Waals surface area contributed by atoms with Gasteiger partial charge in [0.05, 0.1) is 7.11 Å². The van der Waals surface area contributed by atoms with Crippen LogP contribution in [0.15, 0.2) is 42.0 Å². The van der Waals surface area contributed by atoms with E-state index in [4.69, 9.17) is 4.74 Å². The summed E-state index contributed by atoms with van der Waals surface area (Å²) in [6, 6.07) is 9.25. The molecule has 1 heterocycles. The van der Waals surface area contributed by atoms with Crippen LogP contribution in [0.3, 0.4) is 0 Å². The summed E-state index contributed by atoms with van der Waals surface area (Å²) >= 11 is 0. The Labute approximate surface area is 165 Å². The third-order valence-corrected chi connectivity index (χ3v) is 5.08. The number of carbonyl (C=O) groups excluding carboxylic acids is 2. The number of Topliss-reactive ketones (excluding diaryl/α,β-unsaturated/α-hetero) is 1. The number of hydrogen-bond acceptors (Lipinski definition) is 4. The van der Waals surface area contributed by atoms with Gasteiger partial charge in [-0.05, 0) is 55.9 Å². The molecular weight excluding hydrogens is 354 g/mol. The second kappa shape index (κ2) is 9.35. The van der Waals surface area contributed by atoms with Gasteiger partial charge in [0, 0.05) is 20.0 Å². The number of nitrogens with zero attached hydrogens (tertiary/aromatic N) is 2. The lowest BCUT2D eigenvalue weighted by molar-refractivity contribution is 0.0738. The summed E-state index contributed by atoms with van der Waals surface area (Å²) in [7, 11) is 1.63. The van der Waals surface area contributed by atoms with Crippen molar-refractivity contribution in [1.29, 1.82) is 0 Å². The summed E-state index contributed by atoms with van der Waals surface area (Å²) in [6.07, 6.45) is 7.90. The van der Waals surface area contributed by atoms with E-state index in [0.29, 0.717) is 18.8 Å². The molecule has 0 bridgehead atoms. The average molecular weight is 381 g/mol. The van der Waals surface area contributed by atoms with Crippen molar-refractivity contribution in [2.45, 2.75) is 45.6 Å². The van der Waals surface area contributed by atoms with Gasteiger partial charge in [-0.25, -0.2) is 0 Å². The number of ether oxygens (including phenoxy) is 1. The van der Waals surface area contributed by atoms with Crippen LogP contribution in [0, 0.1) is 0 Å². The van der Waals surface area contributed by atoms with Gasteiger partial charge in [-0.1, -0.05) is 23.8 Å². The molecule has 1 aliphatic rings. The molecule has 3 rings (SSSR count). The second-order valence-corrected chi connectivity index (χ2v) is 7.16. The molecule has 148 valence electrons. The van der Waals surface area contributed by atoms with Crippen LogP contribution in [0.1, 0.15) is 65.6 Å². The van der Waals surface area contributed by atoms with Crippen LogP contribution in [-0.4, -0.2) is 40.4 Å². The lowest BCUT2D eigenvalue weighted by atomic mass is 9.97. The summed E-state index contributed by atoms with van der Waals surface area (Å²) in [5.41, 5.74) is 3.07. The van der Waals surface area contributed by atoms with Crippen molar-refractivity contribution in [3.8, 4) is 5.75 Å². The maximum atomic E-state index is 13.1. The molecule has 0 aliphatic heterocycles. The summed E-state index contributed by atoms with van der Waals surface area (Å²) in [5.74, 6) is 0.477. The van der Waals surface area contributed by atoms with E-state index >= 15 is 0 Å². The molecule has 0 fully saturated rings. The van der Waals surface area contributed by atoms with Crippen molar-refractivity contribution in [3.63, 3.8) is 0 Å². The number of amides is 1. The van der Waals surface area contributed by atoms with Crippen LogP contribution >= 0.6 is 0 Å². The van der Waals surface area contributed by atoms with Crippen LogP contribution in [0.25, 0.3) is 0 Å². The lowest BCUT2D eigenvalue weighted by Gasteiger charge is -2.24. The molecule has 1 aromatic heterocycles. The summed E-state index contributed by atoms with van der Waals surface area (Å²) in [5, 5.41) is 6.66. The summed E-state index contributed by atoms with van der Waals surface area (Å²) < 4.78 is 5.21. The molecule has 0 spiro atoms. The Hall–Kier alpha value is -2.89. The van der Waals surface area contributed by atoms with Gasteiger partial charge >= 0.3 is 0 Å². The van der Waals surface area contributed by atoms with Crippen molar-refractivity contribution in [3.05, 3.63) is 58.9 Å². The first-order valence-corrected chi connectivity index (χ1v) is 9.73. The molecule has 1 aliphatic carbocycles. The van der Waals surface area contributed by atoms with E-state index in [1.165, 1.54) is 31.4 Å². The molecule has 6 heteroatoms. The minimum Gasteiger partial charge on any atom is -0.497 e. The van der Waals surface area contributed by atoms with Crippen molar-refractivity contribution in [1.82, 2.24) is 15.1 Å². The van der Waals surface area contributed by atoms with E-state index in [-0.39, 0.29) is 17.4 Å². The molecule has 1 amide bonds. The maximum Gasteiger partial charge on any atom is 0.272 e. The molecule has 1 N–H and O–H groups in total. The van der Waals surface area contributed by atoms with Crippen molar-refractivity contribution in [2.75, 3.05) is 13.7 Å². The Kier molecular flexibility index (Phi) is 6.63. The predicted octanol–water partition coefficient (Wildman–Crippen LogP) is 4.15. The zero-order valence-electron chi connectivity index (χ0n) is 16.5. The molecule has 0 saturated heterocycles. The van der Waals surface area contributed by atoms with Gasteiger partial charge in [0.2, 0.25) is 0 Å². The minimum absolute atomic E-state index is 0.146. The second-order valence-electron chi connectivity index (χ2n) is 7.16. The fraction of sp³-hybridized carbons (Fsp3) is 0.409. The smallest absolute Gasteiger partial charge is 0.272 e. The molecule has 0 unspecified atom stereocenters. The molecule has 0 saturated carbocycles. The number of aromatic nitrogens is 2. The van der Waals surface area contributed by atoms with E-state index in [9.17, 15) is 9.59 Å². The van der Waals surface area contributed by atoms with Crippen LogP contribution in [0.4, 0.5) is 0 Å². The third kappa shape index (κ3) is 5.09. The summed E-state index contributed by atoms with van der Waals surface area (Å²) in [4.78, 5) is 26.4. The van der Waals surface area contributed by atoms with Gasteiger partial charge in [-0.2, -0.15) is 5.10 Å². The fourth-order valence-corrected chi connectivity index (χ4v) is 3.40. The van der Waals surface area contributed by atoms with E-state index in [0.717, 1.165) is 30.6 Å². The number of benzene rings is 1. The average Bonchev–Trinajstić information content (AvgIpc) is 3.22. The zero-order valence-corrected chi connectivity index (χ0v) is 16.5. The standard InChI is InChI=1S/C22H27N3O3/c1-16(26)20-14-21(24-23-20)22(27)25(13-12-17-6-4-3-5-7-17)15-18-8-10-19(28-2)11-9-18/h6,8-11,14H,3-5,7,12-13,15H2,1-2H3,(H,23,24). The first kappa shape index (κ1) is 19.9. The zero-order chi connectivity index (χ0) is 19.9. The number of methoxy groups -OCH3 is 1. The van der Waals surface area contributed by atoms with Crippen LogP contribution in [-0.2, 0) is 6.54 Å². The van der Waals surface area contributed by atoms with Crippen molar-refractivity contribution < 1.29 is 14.3 Å². The number of hydrogen-bond donors (Lipinski definition) is 1. The van der Waals surface area contributed by atoms with E-state index < -0.39 is 0 Å². The number of H-pyrrole nitrogens is 1. The highest BCUT2D eigenvalue weighted by atomic mass is 16.5. The molecular formula is C22H27N3O3. The van der Waals surface area contributed by atoms with E-state index in [1.54, 1.807) is 7.11 Å². The Balaban J connectivity index is 1.76. The molecule has 0 atom stereocenters. The third-order valence-electron chi connectivity index (χ3n) is 5.08. The number of allylic oxidation sites excluding steroid dienone is 1. The lowest BCUT2D eigenvalue weighted by Crippen LogP contribution is -2.32. The molecule has 0 radical (unpaired) electrons. The number of rotatable bonds is 8.